The summed E-state index contributed by atoms with van der Waals surface area (Å²) in [6, 6.07) is 15.7. The summed E-state index contributed by atoms with van der Waals surface area (Å²) >= 11 is 0. The molecule has 0 spiro atoms. The van der Waals surface area contributed by atoms with Gasteiger partial charge in [0.15, 0.2) is 11.5 Å². The highest BCUT2D eigenvalue weighted by Gasteiger charge is 2.34. The predicted molar refractivity (Wildman–Crippen MR) is 91.5 cm³/mol. The van der Waals surface area contributed by atoms with Crippen molar-refractivity contribution >= 4 is 5.97 Å². The number of carbonyl (C=O) groups is 1. The summed E-state index contributed by atoms with van der Waals surface area (Å²) in [5.41, 5.74) is 2.11. The van der Waals surface area contributed by atoms with E-state index >= 15 is 0 Å². The first kappa shape index (κ1) is 16.4. The zero-order valence-electron chi connectivity index (χ0n) is 13.8. The van der Waals surface area contributed by atoms with Crippen molar-refractivity contribution in [3.63, 3.8) is 0 Å². The lowest BCUT2D eigenvalue weighted by Gasteiger charge is -2.17. The molecular weight excluding hydrogens is 304 g/mol. The standard InChI is InChI=1S/C20H22O4/c1-23-19-11-16(17(12-20(21)22)15-7-8-15)9-10-18(19)24-13-14-5-3-2-4-6-14/h2-6,9-11,15,17H,7-8,12-13H2,1H3,(H,21,22). The van der Waals surface area contributed by atoms with Crippen molar-refractivity contribution in [3.05, 3.63) is 59.7 Å². The Labute approximate surface area is 142 Å². The number of methoxy groups -OCH3 is 1. The lowest BCUT2D eigenvalue weighted by molar-refractivity contribution is -0.137. The van der Waals surface area contributed by atoms with Gasteiger partial charge >= 0.3 is 5.97 Å². The van der Waals surface area contributed by atoms with Crippen LogP contribution in [-0.2, 0) is 11.4 Å². The van der Waals surface area contributed by atoms with E-state index in [9.17, 15) is 4.79 Å². The fraction of sp³-hybridized carbons (Fsp3) is 0.350. The predicted octanol–water partition coefficient (Wildman–Crippen LogP) is 4.24. The highest BCUT2D eigenvalue weighted by molar-refractivity contribution is 5.68. The van der Waals surface area contributed by atoms with Crippen LogP contribution in [0.3, 0.4) is 0 Å². The van der Waals surface area contributed by atoms with Crippen molar-refractivity contribution < 1.29 is 19.4 Å². The molecule has 1 aliphatic carbocycles. The largest absolute Gasteiger partial charge is 0.493 e. The molecule has 24 heavy (non-hydrogen) atoms. The average Bonchev–Trinajstić information content (AvgIpc) is 3.43. The molecule has 0 heterocycles. The van der Waals surface area contributed by atoms with Crippen LogP contribution in [0.5, 0.6) is 11.5 Å². The van der Waals surface area contributed by atoms with Gasteiger partial charge in [0.2, 0.25) is 0 Å². The van der Waals surface area contributed by atoms with E-state index in [0.29, 0.717) is 24.0 Å². The number of hydrogen-bond acceptors (Lipinski definition) is 3. The van der Waals surface area contributed by atoms with Gasteiger partial charge < -0.3 is 14.6 Å². The first-order valence-corrected chi connectivity index (χ1v) is 8.24. The summed E-state index contributed by atoms with van der Waals surface area (Å²) in [5.74, 6) is 1.10. The lowest BCUT2D eigenvalue weighted by Crippen LogP contribution is -2.09. The minimum Gasteiger partial charge on any atom is -0.493 e. The number of hydrogen-bond donors (Lipinski definition) is 1. The highest BCUT2D eigenvalue weighted by atomic mass is 16.5. The molecule has 0 aliphatic heterocycles. The van der Waals surface area contributed by atoms with Crippen molar-refractivity contribution in [1.29, 1.82) is 0 Å². The van der Waals surface area contributed by atoms with Gasteiger partial charge in [-0.3, -0.25) is 4.79 Å². The van der Waals surface area contributed by atoms with E-state index in [1.807, 2.05) is 48.5 Å². The molecule has 2 aromatic carbocycles. The second-order valence-corrected chi connectivity index (χ2v) is 6.23. The van der Waals surface area contributed by atoms with Crippen LogP contribution in [0.1, 0.15) is 36.3 Å². The highest BCUT2D eigenvalue weighted by Crippen LogP contribution is 2.46. The van der Waals surface area contributed by atoms with Gasteiger partial charge in [0.25, 0.3) is 0 Å². The van der Waals surface area contributed by atoms with Crippen LogP contribution in [0.4, 0.5) is 0 Å². The Morgan fingerprint density at radius 3 is 2.54 bits per heavy atom. The number of carboxylic acid groups (broad SMARTS) is 1. The molecular formula is C20H22O4. The quantitative estimate of drug-likeness (QED) is 0.788. The Kier molecular flexibility index (Phi) is 5.04. The van der Waals surface area contributed by atoms with Gasteiger partial charge in [-0.05, 0) is 47.9 Å². The number of ether oxygens (including phenoxy) is 2. The normalized spacial score (nSPS) is 14.9. The molecule has 0 saturated heterocycles. The molecule has 0 aromatic heterocycles. The Balaban J connectivity index is 1.75. The van der Waals surface area contributed by atoms with E-state index in [2.05, 4.69) is 0 Å². The van der Waals surface area contributed by atoms with Gasteiger partial charge in [0.05, 0.1) is 13.5 Å². The summed E-state index contributed by atoms with van der Waals surface area (Å²) in [4.78, 5) is 11.1. The first-order valence-electron chi connectivity index (χ1n) is 8.24. The van der Waals surface area contributed by atoms with Crippen LogP contribution in [-0.4, -0.2) is 18.2 Å². The van der Waals surface area contributed by atoms with Crippen molar-refractivity contribution in [2.75, 3.05) is 7.11 Å². The average molecular weight is 326 g/mol. The molecule has 0 radical (unpaired) electrons. The molecule has 3 rings (SSSR count). The second kappa shape index (κ2) is 7.39. The summed E-state index contributed by atoms with van der Waals surface area (Å²) in [6.45, 7) is 0.470. The Morgan fingerprint density at radius 1 is 1.17 bits per heavy atom. The summed E-state index contributed by atoms with van der Waals surface area (Å²) in [7, 11) is 1.61. The molecule has 4 nitrogen and oxygen atoms in total. The maximum atomic E-state index is 11.1. The molecule has 126 valence electrons. The molecule has 1 atom stereocenters. The van der Waals surface area contributed by atoms with E-state index < -0.39 is 5.97 Å². The van der Waals surface area contributed by atoms with E-state index in [-0.39, 0.29) is 12.3 Å². The molecule has 1 N–H and O–H groups in total. The SMILES string of the molecule is COc1cc(C(CC(=O)O)C2CC2)ccc1OCc1ccccc1. The molecule has 1 saturated carbocycles. The van der Waals surface area contributed by atoms with E-state index in [1.54, 1.807) is 7.11 Å². The van der Waals surface area contributed by atoms with Crippen LogP contribution in [0.2, 0.25) is 0 Å². The van der Waals surface area contributed by atoms with Gasteiger partial charge in [0, 0.05) is 0 Å². The van der Waals surface area contributed by atoms with Crippen molar-refractivity contribution in [3.8, 4) is 11.5 Å². The Bertz CT molecular complexity index is 692. The van der Waals surface area contributed by atoms with E-state index in [0.717, 1.165) is 24.0 Å². The molecule has 1 aliphatic rings. The molecule has 1 fully saturated rings. The molecule has 2 aromatic rings. The Hall–Kier alpha value is -2.49. The molecule has 0 amide bonds. The van der Waals surface area contributed by atoms with Gasteiger partial charge in [-0.2, -0.15) is 0 Å². The minimum atomic E-state index is -0.754. The van der Waals surface area contributed by atoms with Crippen LogP contribution in [0, 0.1) is 5.92 Å². The fourth-order valence-corrected chi connectivity index (χ4v) is 3.01. The monoisotopic (exact) mass is 326 g/mol. The van der Waals surface area contributed by atoms with Gasteiger partial charge in [-0.1, -0.05) is 36.4 Å². The summed E-state index contributed by atoms with van der Waals surface area (Å²) in [5, 5.41) is 9.16. The number of carboxylic acids is 1. The number of rotatable bonds is 8. The van der Waals surface area contributed by atoms with Gasteiger partial charge in [-0.15, -0.1) is 0 Å². The molecule has 4 heteroatoms. The van der Waals surface area contributed by atoms with Gasteiger partial charge in [0.1, 0.15) is 6.61 Å². The third kappa shape index (κ3) is 4.07. The van der Waals surface area contributed by atoms with Crippen molar-refractivity contribution in [2.24, 2.45) is 5.92 Å². The zero-order valence-corrected chi connectivity index (χ0v) is 13.8. The maximum Gasteiger partial charge on any atom is 0.303 e. The van der Waals surface area contributed by atoms with Crippen LogP contribution in [0.15, 0.2) is 48.5 Å². The maximum absolute atomic E-state index is 11.1. The smallest absolute Gasteiger partial charge is 0.303 e. The summed E-state index contributed by atoms with van der Waals surface area (Å²) < 4.78 is 11.3. The zero-order chi connectivity index (χ0) is 16.9. The Morgan fingerprint density at radius 2 is 1.92 bits per heavy atom. The minimum absolute atomic E-state index is 0.0552. The lowest BCUT2D eigenvalue weighted by atomic mass is 9.91. The molecule has 1 unspecified atom stereocenters. The van der Waals surface area contributed by atoms with Crippen LogP contribution < -0.4 is 9.47 Å². The van der Waals surface area contributed by atoms with E-state index in [1.165, 1.54) is 0 Å². The summed E-state index contributed by atoms with van der Waals surface area (Å²) in [6.07, 6.45) is 2.37. The molecule has 0 bridgehead atoms. The van der Waals surface area contributed by atoms with Crippen LogP contribution in [0.25, 0.3) is 0 Å². The van der Waals surface area contributed by atoms with Crippen molar-refractivity contribution in [1.82, 2.24) is 0 Å². The third-order valence-corrected chi connectivity index (χ3v) is 4.44. The number of aliphatic carboxylic acids is 1. The topological polar surface area (TPSA) is 55.8 Å². The third-order valence-electron chi connectivity index (χ3n) is 4.44. The first-order chi connectivity index (χ1) is 11.7. The second-order valence-electron chi connectivity index (χ2n) is 6.23. The number of benzene rings is 2. The van der Waals surface area contributed by atoms with Crippen LogP contribution >= 0.6 is 0 Å². The van der Waals surface area contributed by atoms with Crippen molar-refractivity contribution in [2.45, 2.75) is 31.8 Å². The van der Waals surface area contributed by atoms with E-state index in [4.69, 9.17) is 14.6 Å². The fourth-order valence-electron chi connectivity index (χ4n) is 3.01. The van der Waals surface area contributed by atoms with Gasteiger partial charge in [-0.25, -0.2) is 0 Å².